The van der Waals surface area contributed by atoms with Crippen molar-refractivity contribution in [3.63, 3.8) is 0 Å². The van der Waals surface area contributed by atoms with Crippen LogP contribution in [0.3, 0.4) is 0 Å². The van der Waals surface area contributed by atoms with Crippen molar-refractivity contribution in [3.8, 4) is 11.5 Å². The van der Waals surface area contributed by atoms with E-state index in [1.807, 2.05) is 35.7 Å². The Morgan fingerprint density at radius 2 is 2.00 bits per heavy atom. The average Bonchev–Trinajstić information content (AvgIpc) is 2.97. The number of carbonyl (C=O) groups is 1. The van der Waals surface area contributed by atoms with Crippen molar-refractivity contribution < 1.29 is 14.3 Å². The van der Waals surface area contributed by atoms with Crippen LogP contribution in [0.5, 0.6) is 11.5 Å². The maximum absolute atomic E-state index is 11.6. The third-order valence-electron chi connectivity index (χ3n) is 3.05. The Hall–Kier alpha value is -1.52. The lowest BCUT2D eigenvalue weighted by Gasteiger charge is -2.13. The Balaban J connectivity index is 2.25. The zero-order valence-corrected chi connectivity index (χ0v) is 12.8. The highest BCUT2D eigenvalue weighted by atomic mass is 35.5. The Bertz CT molecular complexity index is 581. The first kappa shape index (κ1) is 14.9. The summed E-state index contributed by atoms with van der Waals surface area (Å²) >= 11 is 7.26. The number of hydrogen-bond donors (Lipinski definition) is 0. The van der Waals surface area contributed by atoms with Gasteiger partial charge in [0, 0.05) is 4.88 Å². The Labute approximate surface area is 127 Å². The van der Waals surface area contributed by atoms with E-state index in [4.69, 9.17) is 21.1 Å². The van der Waals surface area contributed by atoms with Crippen molar-refractivity contribution in [1.82, 2.24) is 0 Å². The van der Waals surface area contributed by atoms with Gasteiger partial charge in [0.05, 0.1) is 20.1 Å². The molecule has 20 heavy (non-hydrogen) atoms. The SMILES string of the molecule is COc1ccc(CC(C(=O)Cl)c2cccs2)cc1OC. The summed E-state index contributed by atoms with van der Waals surface area (Å²) in [6, 6.07) is 9.47. The largest absolute Gasteiger partial charge is 0.493 e. The van der Waals surface area contributed by atoms with Gasteiger partial charge < -0.3 is 9.47 Å². The molecule has 1 aromatic heterocycles. The number of rotatable bonds is 6. The summed E-state index contributed by atoms with van der Waals surface area (Å²) < 4.78 is 10.5. The fourth-order valence-electron chi connectivity index (χ4n) is 2.03. The van der Waals surface area contributed by atoms with Gasteiger partial charge in [-0.05, 0) is 47.2 Å². The topological polar surface area (TPSA) is 35.5 Å². The smallest absolute Gasteiger partial charge is 0.230 e. The molecule has 2 rings (SSSR count). The first-order chi connectivity index (χ1) is 9.65. The second-order valence-corrected chi connectivity index (χ2v) is 5.62. The normalized spacial score (nSPS) is 11.9. The molecule has 1 heterocycles. The van der Waals surface area contributed by atoms with E-state index < -0.39 is 0 Å². The molecule has 3 nitrogen and oxygen atoms in total. The molecular weight excluding hydrogens is 296 g/mol. The fourth-order valence-corrected chi connectivity index (χ4v) is 3.11. The molecule has 0 radical (unpaired) electrons. The first-order valence-electron chi connectivity index (χ1n) is 6.09. The van der Waals surface area contributed by atoms with Crippen LogP contribution in [-0.2, 0) is 11.2 Å². The standard InChI is InChI=1S/C15H15ClO3S/c1-18-12-6-5-10(9-13(12)19-2)8-11(15(16)17)14-4-3-7-20-14/h3-7,9,11H,8H2,1-2H3. The van der Waals surface area contributed by atoms with Crippen molar-refractivity contribution in [1.29, 1.82) is 0 Å². The molecule has 106 valence electrons. The summed E-state index contributed by atoms with van der Waals surface area (Å²) in [4.78, 5) is 12.6. The van der Waals surface area contributed by atoms with Gasteiger partial charge in [-0.15, -0.1) is 11.3 Å². The lowest BCUT2D eigenvalue weighted by Crippen LogP contribution is -2.08. The van der Waals surface area contributed by atoms with E-state index in [1.54, 1.807) is 14.2 Å². The van der Waals surface area contributed by atoms with Crippen molar-refractivity contribution in [3.05, 3.63) is 46.2 Å². The number of carbonyl (C=O) groups excluding carboxylic acids is 1. The summed E-state index contributed by atoms with van der Waals surface area (Å²) in [6.45, 7) is 0. The number of methoxy groups -OCH3 is 2. The minimum atomic E-state index is -0.345. The van der Waals surface area contributed by atoms with Gasteiger partial charge in [-0.1, -0.05) is 12.1 Å². The maximum Gasteiger partial charge on any atom is 0.230 e. The van der Waals surface area contributed by atoms with Crippen LogP contribution in [0.4, 0.5) is 0 Å². The lowest BCUT2D eigenvalue weighted by molar-refractivity contribution is -0.112. The van der Waals surface area contributed by atoms with Crippen molar-refractivity contribution in [2.24, 2.45) is 0 Å². The Kier molecular flexibility index (Phi) is 5.04. The van der Waals surface area contributed by atoms with Gasteiger partial charge in [0.2, 0.25) is 5.24 Å². The van der Waals surface area contributed by atoms with Crippen LogP contribution >= 0.6 is 22.9 Å². The first-order valence-corrected chi connectivity index (χ1v) is 7.35. The average molecular weight is 311 g/mol. The summed E-state index contributed by atoms with van der Waals surface area (Å²) in [6.07, 6.45) is 0.545. The highest BCUT2D eigenvalue weighted by Crippen LogP contribution is 2.32. The van der Waals surface area contributed by atoms with Gasteiger partial charge in [0.1, 0.15) is 0 Å². The molecule has 0 amide bonds. The van der Waals surface area contributed by atoms with E-state index >= 15 is 0 Å². The molecule has 0 N–H and O–H groups in total. The number of ether oxygens (including phenoxy) is 2. The number of thiophene rings is 1. The van der Waals surface area contributed by atoms with E-state index in [-0.39, 0.29) is 11.2 Å². The maximum atomic E-state index is 11.6. The van der Waals surface area contributed by atoms with Crippen LogP contribution in [-0.4, -0.2) is 19.5 Å². The number of halogens is 1. The summed E-state index contributed by atoms with van der Waals surface area (Å²) in [7, 11) is 3.18. The molecule has 0 aliphatic carbocycles. The molecular formula is C15H15ClO3S. The molecule has 0 aliphatic rings. The van der Waals surface area contributed by atoms with Gasteiger partial charge in [0.25, 0.3) is 0 Å². The van der Waals surface area contributed by atoms with Crippen molar-refractivity contribution in [2.75, 3.05) is 14.2 Å². The molecule has 0 bridgehead atoms. The zero-order chi connectivity index (χ0) is 14.5. The van der Waals surface area contributed by atoms with Crippen LogP contribution in [0.25, 0.3) is 0 Å². The van der Waals surface area contributed by atoms with Crippen molar-refractivity contribution in [2.45, 2.75) is 12.3 Å². The molecule has 1 atom stereocenters. The van der Waals surface area contributed by atoms with E-state index in [0.717, 1.165) is 10.4 Å². The Morgan fingerprint density at radius 3 is 2.55 bits per heavy atom. The molecule has 0 spiro atoms. The Morgan fingerprint density at radius 1 is 1.25 bits per heavy atom. The molecule has 1 aromatic carbocycles. The van der Waals surface area contributed by atoms with Gasteiger partial charge >= 0.3 is 0 Å². The predicted octanol–water partition coefficient (Wildman–Crippen LogP) is 3.86. The summed E-state index contributed by atoms with van der Waals surface area (Å²) in [5, 5.41) is 1.60. The fraction of sp³-hybridized carbons (Fsp3) is 0.267. The summed E-state index contributed by atoms with van der Waals surface area (Å²) in [5.74, 6) is 0.993. The van der Waals surface area contributed by atoms with Gasteiger partial charge in [-0.2, -0.15) is 0 Å². The highest BCUT2D eigenvalue weighted by Gasteiger charge is 2.21. The predicted molar refractivity (Wildman–Crippen MR) is 81.2 cm³/mol. The third kappa shape index (κ3) is 3.32. The molecule has 0 saturated heterocycles. The molecule has 1 unspecified atom stereocenters. The van der Waals surface area contributed by atoms with Gasteiger partial charge in [-0.25, -0.2) is 0 Å². The summed E-state index contributed by atoms with van der Waals surface area (Å²) in [5.41, 5.74) is 0.982. The number of hydrogen-bond acceptors (Lipinski definition) is 4. The van der Waals surface area contributed by atoms with Crippen molar-refractivity contribution >= 4 is 28.2 Å². The van der Waals surface area contributed by atoms with Crippen LogP contribution in [0, 0.1) is 0 Å². The van der Waals surface area contributed by atoms with Crippen LogP contribution in [0.2, 0.25) is 0 Å². The minimum Gasteiger partial charge on any atom is -0.493 e. The van der Waals surface area contributed by atoms with Crippen LogP contribution in [0.1, 0.15) is 16.4 Å². The van der Waals surface area contributed by atoms with Crippen LogP contribution < -0.4 is 9.47 Å². The second kappa shape index (κ2) is 6.77. The van der Waals surface area contributed by atoms with E-state index in [2.05, 4.69) is 0 Å². The second-order valence-electron chi connectivity index (χ2n) is 4.27. The molecule has 0 saturated carbocycles. The lowest BCUT2D eigenvalue weighted by atomic mass is 9.98. The molecule has 5 heteroatoms. The van der Waals surface area contributed by atoms with Gasteiger partial charge in [0.15, 0.2) is 11.5 Å². The van der Waals surface area contributed by atoms with E-state index in [0.29, 0.717) is 17.9 Å². The molecule has 2 aromatic rings. The van der Waals surface area contributed by atoms with Gasteiger partial charge in [-0.3, -0.25) is 4.79 Å². The van der Waals surface area contributed by atoms with E-state index in [9.17, 15) is 4.79 Å². The molecule has 0 aliphatic heterocycles. The molecule has 0 fully saturated rings. The third-order valence-corrected chi connectivity index (χ3v) is 4.30. The minimum absolute atomic E-state index is 0.324. The highest BCUT2D eigenvalue weighted by molar-refractivity contribution is 7.10. The monoisotopic (exact) mass is 310 g/mol. The number of benzene rings is 1. The zero-order valence-electron chi connectivity index (χ0n) is 11.3. The quantitative estimate of drug-likeness (QED) is 0.760. The van der Waals surface area contributed by atoms with E-state index in [1.165, 1.54) is 11.3 Å². The van der Waals surface area contributed by atoms with Crippen LogP contribution in [0.15, 0.2) is 35.7 Å².